The van der Waals surface area contributed by atoms with Crippen LogP contribution >= 0.6 is 11.8 Å². The van der Waals surface area contributed by atoms with Crippen molar-refractivity contribution >= 4 is 32.6 Å². The summed E-state index contributed by atoms with van der Waals surface area (Å²) in [7, 11) is -3.88. The van der Waals surface area contributed by atoms with E-state index in [4.69, 9.17) is 0 Å². The zero-order valence-electron chi connectivity index (χ0n) is 13.4. The summed E-state index contributed by atoms with van der Waals surface area (Å²) in [5.74, 6) is -0.110. The number of benzene rings is 2. The van der Waals surface area contributed by atoms with Crippen LogP contribution in [0.15, 0.2) is 58.4 Å². The van der Waals surface area contributed by atoms with Gasteiger partial charge in [-0.25, -0.2) is 17.1 Å². The zero-order chi connectivity index (χ0) is 18.7. The van der Waals surface area contributed by atoms with Crippen LogP contribution in [0.2, 0.25) is 0 Å². The van der Waals surface area contributed by atoms with Crippen molar-refractivity contribution in [2.75, 3.05) is 13.1 Å². The highest BCUT2D eigenvalue weighted by molar-refractivity contribution is 8.14. The third-order valence-electron chi connectivity index (χ3n) is 3.71. The molecule has 0 radical (unpaired) electrons. The van der Waals surface area contributed by atoms with Crippen LogP contribution < -0.4 is 0 Å². The third-order valence-corrected chi connectivity index (χ3v) is 6.70. The highest BCUT2D eigenvalue weighted by atomic mass is 32.2. The van der Waals surface area contributed by atoms with Crippen LogP contribution in [-0.2, 0) is 15.8 Å². The molecule has 2 aromatic carbocycles. The van der Waals surface area contributed by atoms with Gasteiger partial charge in [0.25, 0.3) is 15.7 Å². The van der Waals surface area contributed by atoms with Gasteiger partial charge in [-0.1, -0.05) is 30.0 Å². The molecule has 0 aromatic heterocycles. The summed E-state index contributed by atoms with van der Waals surface area (Å²) in [6.07, 6.45) is 0. The summed E-state index contributed by atoms with van der Waals surface area (Å²) in [6.45, 7) is 0.491. The molecule has 0 bridgehead atoms. The lowest BCUT2D eigenvalue weighted by Crippen LogP contribution is -2.32. The fourth-order valence-electron chi connectivity index (χ4n) is 2.38. The lowest BCUT2D eigenvalue weighted by atomic mass is 10.2. The molecule has 26 heavy (non-hydrogen) atoms. The van der Waals surface area contributed by atoms with Crippen LogP contribution in [0.1, 0.15) is 5.56 Å². The molecule has 1 aliphatic rings. The van der Waals surface area contributed by atoms with Crippen LogP contribution in [0.5, 0.6) is 0 Å². The van der Waals surface area contributed by atoms with Gasteiger partial charge in [0, 0.05) is 17.9 Å². The normalized spacial score (nSPS) is 14.3. The second kappa shape index (κ2) is 7.42. The Morgan fingerprint density at radius 3 is 2.54 bits per heavy atom. The number of rotatable bonds is 5. The fraction of sp³-hybridized carbons (Fsp3) is 0.188. The number of nitro groups is 1. The molecule has 0 saturated heterocycles. The molecule has 1 heterocycles. The van der Waals surface area contributed by atoms with Gasteiger partial charge in [-0.15, -0.1) is 0 Å². The summed E-state index contributed by atoms with van der Waals surface area (Å²) < 4.78 is 40.5. The predicted octanol–water partition coefficient (Wildman–Crippen LogP) is 3.03. The number of sulfonamides is 1. The molecule has 1 aliphatic heterocycles. The molecule has 10 heteroatoms. The van der Waals surface area contributed by atoms with Crippen molar-refractivity contribution in [3.63, 3.8) is 0 Å². The number of nitrogens with zero attached hydrogens (tertiary/aromatic N) is 3. The van der Waals surface area contributed by atoms with E-state index >= 15 is 0 Å². The molecule has 0 unspecified atom stereocenters. The van der Waals surface area contributed by atoms with Gasteiger partial charge in [0.1, 0.15) is 5.82 Å². The number of hydrogen-bond acceptors (Lipinski definition) is 6. The Balaban J connectivity index is 1.78. The molecule has 0 saturated carbocycles. The first kappa shape index (κ1) is 18.3. The summed E-state index contributed by atoms with van der Waals surface area (Å²) in [5.41, 5.74) is 0.271. The Bertz CT molecular complexity index is 962. The zero-order valence-corrected chi connectivity index (χ0v) is 15.0. The van der Waals surface area contributed by atoms with Gasteiger partial charge in [0.05, 0.1) is 22.9 Å². The highest BCUT2D eigenvalue weighted by Crippen LogP contribution is 2.27. The number of amidine groups is 1. The van der Waals surface area contributed by atoms with Crippen molar-refractivity contribution in [2.45, 2.75) is 10.6 Å². The van der Waals surface area contributed by atoms with Gasteiger partial charge < -0.3 is 0 Å². The fourth-order valence-corrected chi connectivity index (χ4v) is 5.09. The minimum atomic E-state index is -3.88. The van der Waals surface area contributed by atoms with E-state index in [-0.39, 0.29) is 33.9 Å². The maximum absolute atomic E-state index is 13.7. The first-order chi connectivity index (χ1) is 12.4. The molecular formula is C16H14FN3O4S2. The van der Waals surface area contributed by atoms with Gasteiger partial charge >= 0.3 is 0 Å². The average molecular weight is 395 g/mol. The van der Waals surface area contributed by atoms with Gasteiger partial charge in [0.2, 0.25) is 0 Å². The molecule has 0 spiro atoms. The number of aliphatic imine (C=N–C) groups is 1. The van der Waals surface area contributed by atoms with E-state index in [1.54, 1.807) is 18.2 Å². The molecule has 7 nitrogen and oxygen atoms in total. The average Bonchev–Trinajstić information content (AvgIpc) is 3.10. The molecular weight excluding hydrogens is 381 g/mol. The van der Waals surface area contributed by atoms with Crippen LogP contribution in [0.3, 0.4) is 0 Å². The van der Waals surface area contributed by atoms with Gasteiger partial charge in [-0.05, 0) is 23.8 Å². The minimum absolute atomic E-state index is 0.0517. The lowest BCUT2D eigenvalue weighted by molar-refractivity contribution is -0.384. The molecule has 0 aliphatic carbocycles. The number of non-ortho nitro benzene ring substituents is 1. The van der Waals surface area contributed by atoms with E-state index in [9.17, 15) is 22.9 Å². The Kier molecular flexibility index (Phi) is 5.23. The maximum atomic E-state index is 13.7. The number of nitro benzene ring substituents is 1. The molecule has 0 N–H and O–H groups in total. The molecule has 3 rings (SSSR count). The Morgan fingerprint density at radius 2 is 1.88 bits per heavy atom. The van der Waals surface area contributed by atoms with Gasteiger partial charge in [-0.2, -0.15) is 0 Å². The second-order valence-corrected chi connectivity index (χ2v) is 8.18. The number of hydrogen-bond donors (Lipinski definition) is 0. The quantitative estimate of drug-likeness (QED) is 0.573. The molecule has 0 atom stereocenters. The topological polar surface area (TPSA) is 92.9 Å². The van der Waals surface area contributed by atoms with E-state index in [2.05, 4.69) is 4.99 Å². The van der Waals surface area contributed by atoms with Crippen LogP contribution in [0.25, 0.3) is 0 Å². The van der Waals surface area contributed by atoms with Gasteiger partial charge in [0.15, 0.2) is 5.17 Å². The molecule has 2 aromatic rings. The van der Waals surface area contributed by atoms with E-state index in [1.807, 2.05) is 0 Å². The number of thioether (sulfide) groups is 1. The summed E-state index contributed by atoms with van der Waals surface area (Å²) in [5, 5.41) is 11.0. The predicted molar refractivity (Wildman–Crippen MR) is 97.0 cm³/mol. The molecule has 0 fully saturated rings. The Morgan fingerprint density at radius 1 is 1.19 bits per heavy atom. The Labute approximate surface area is 153 Å². The SMILES string of the molecule is O=[N+]([O-])c1ccc(S(=O)(=O)N2CCN=C2SCc2ccccc2F)cc1. The second-order valence-electron chi connectivity index (χ2n) is 5.37. The molecule has 136 valence electrons. The third kappa shape index (κ3) is 3.70. The van der Waals surface area contributed by atoms with Crippen molar-refractivity contribution in [3.05, 3.63) is 70.0 Å². The monoisotopic (exact) mass is 395 g/mol. The molecule has 0 amide bonds. The van der Waals surface area contributed by atoms with Crippen molar-refractivity contribution in [1.29, 1.82) is 0 Å². The van der Waals surface area contributed by atoms with Crippen molar-refractivity contribution < 1.29 is 17.7 Å². The van der Waals surface area contributed by atoms with E-state index < -0.39 is 14.9 Å². The lowest BCUT2D eigenvalue weighted by Gasteiger charge is -2.19. The summed E-state index contributed by atoms with van der Waals surface area (Å²) in [4.78, 5) is 14.3. The van der Waals surface area contributed by atoms with Crippen LogP contribution in [0.4, 0.5) is 10.1 Å². The van der Waals surface area contributed by atoms with Crippen molar-refractivity contribution in [3.8, 4) is 0 Å². The first-order valence-electron chi connectivity index (χ1n) is 7.57. The summed E-state index contributed by atoms with van der Waals surface area (Å²) >= 11 is 1.14. The first-order valence-corrected chi connectivity index (χ1v) is 10.00. The minimum Gasteiger partial charge on any atom is -0.260 e. The highest BCUT2D eigenvalue weighted by Gasteiger charge is 2.31. The largest absolute Gasteiger partial charge is 0.269 e. The van der Waals surface area contributed by atoms with E-state index in [1.165, 1.54) is 18.2 Å². The van der Waals surface area contributed by atoms with E-state index in [0.717, 1.165) is 28.2 Å². The maximum Gasteiger partial charge on any atom is 0.269 e. The van der Waals surface area contributed by atoms with E-state index in [0.29, 0.717) is 12.1 Å². The van der Waals surface area contributed by atoms with Crippen LogP contribution in [0, 0.1) is 15.9 Å². The summed E-state index contributed by atoms with van der Waals surface area (Å²) in [6, 6.07) is 11.0. The smallest absolute Gasteiger partial charge is 0.260 e. The van der Waals surface area contributed by atoms with Gasteiger partial charge in [-0.3, -0.25) is 15.1 Å². The van der Waals surface area contributed by atoms with Crippen molar-refractivity contribution in [1.82, 2.24) is 4.31 Å². The van der Waals surface area contributed by atoms with Crippen molar-refractivity contribution in [2.24, 2.45) is 4.99 Å². The standard InChI is InChI=1S/C16H14FN3O4S2/c17-15-4-2-1-3-12(15)11-25-16-18-9-10-19(16)26(23,24)14-7-5-13(6-8-14)20(21)22/h1-8H,9-11H2. The Hall–Kier alpha value is -2.46. The van der Waals surface area contributed by atoms with Crippen LogP contribution in [-0.4, -0.2) is 35.9 Å². The number of halogens is 1.